The van der Waals surface area contributed by atoms with E-state index >= 15 is 0 Å². The van der Waals surface area contributed by atoms with Crippen molar-refractivity contribution in [2.24, 2.45) is 10.9 Å². The minimum atomic E-state index is -1.00. The Balaban J connectivity index is 2.13. The Morgan fingerprint density at radius 3 is 2.61 bits per heavy atom. The number of dihydropyridines is 1. The van der Waals surface area contributed by atoms with Crippen molar-refractivity contribution in [1.29, 1.82) is 0 Å². The number of rotatable bonds is 14. The van der Waals surface area contributed by atoms with Gasteiger partial charge in [0.1, 0.15) is 5.60 Å². The molecule has 0 amide bonds. The SMILES string of the molecule is CC(C)CCOC(C)(C)C(=O)CCC(=O)OCCCOC(O)C1=CCCN=C1. The number of aliphatic hydroxyl groups excluding tert-OH is 1. The molecular weight excluding hydrogens is 362 g/mol. The second-order valence-corrected chi connectivity index (χ2v) is 7.79. The van der Waals surface area contributed by atoms with E-state index in [1.165, 1.54) is 0 Å². The summed E-state index contributed by atoms with van der Waals surface area (Å²) < 4.78 is 16.1. The van der Waals surface area contributed by atoms with Gasteiger partial charge in [-0.2, -0.15) is 0 Å². The average Bonchev–Trinajstić information content (AvgIpc) is 2.65. The number of hydrogen-bond acceptors (Lipinski definition) is 7. The lowest BCUT2D eigenvalue weighted by atomic mass is 9.99. The van der Waals surface area contributed by atoms with Crippen molar-refractivity contribution in [2.75, 3.05) is 26.4 Å². The smallest absolute Gasteiger partial charge is 0.306 e. The van der Waals surface area contributed by atoms with Crippen LogP contribution in [0.15, 0.2) is 16.6 Å². The van der Waals surface area contributed by atoms with Crippen molar-refractivity contribution in [2.45, 2.75) is 71.7 Å². The topological polar surface area (TPSA) is 94.4 Å². The van der Waals surface area contributed by atoms with Gasteiger partial charge in [0.15, 0.2) is 12.1 Å². The highest BCUT2D eigenvalue weighted by atomic mass is 16.6. The van der Waals surface area contributed by atoms with E-state index in [9.17, 15) is 14.7 Å². The monoisotopic (exact) mass is 397 g/mol. The van der Waals surface area contributed by atoms with Gasteiger partial charge in [0.2, 0.25) is 0 Å². The molecule has 0 aliphatic carbocycles. The van der Waals surface area contributed by atoms with Crippen LogP contribution >= 0.6 is 0 Å². The molecule has 1 heterocycles. The van der Waals surface area contributed by atoms with Crippen molar-refractivity contribution in [3.8, 4) is 0 Å². The quantitative estimate of drug-likeness (QED) is 0.275. The highest BCUT2D eigenvalue weighted by Crippen LogP contribution is 2.16. The summed E-state index contributed by atoms with van der Waals surface area (Å²) in [6.45, 7) is 9.36. The van der Waals surface area contributed by atoms with Crippen molar-refractivity contribution in [3.05, 3.63) is 11.6 Å². The fourth-order valence-corrected chi connectivity index (χ4v) is 2.45. The van der Waals surface area contributed by atoms with Crippen LogP contribution in [-0.2, 0) is 23.8 Å². The van der Waals surface area contributed by atoms with Crippen LogP contribution in [0.4, 0.5) is 0 Å². The molecule has 0 saturated carbocycles. The van der Waals surface area contributed by atoms with Gasteiger partial charge in [-0.05, 0) is 32.6 Å². The molecular formula is C21H35NO6. The summed E-state index contributed by atoms with van der Waals surface area (Å²) in [5.41, 5.74) is -0.240. The van der Waals surface area contributed by atoms with E-state index in [0.29, 0.717) is 24.5 Å². The Morgan fingerprint density at radius 1 is 1.21 bits per heavy atom. The number of carbonyl (C=O) groups is 2. The lowest BCUT2D eigenvalue weighted by Crippen LogP contribution is -2.36. The number of carbonyl (C=O) groups excluding carboxylic acids is 2. The summed E-state index contributed by atoms with van der Waals surface area (Å²) in [5.74, 6) is -0.0189. The lowest BCUT2D eigenvalue weighted by Gasteiger charge is -2.24. The van der Waals surface area contributed by atoms with E-state index < -0.39 is 17.9 Å². The van der Waals surface area contributed by atoms with E-state index in [1.807, 2.05) is 6.08 Å². The summed E-state index contributed by atoms with van der Waals surface area (Å²) in [4.78, 5) is 28.1. The van der Waals surface area contributed by atoms with E-state index in [1.54, 1.807) is 20.1 Å². The number of hydrogen-bond donors (Lipinski definition) is 1. The first-order valence-corrected chi connectivity index (χ1v) is 10.0. The van der Waals surface area contributed by atoms with Crippen LogP contribution in [-0.4, -0.2) is 61.3 Å². The first-order chi connectivity index (χ1) is 13.2. The number of aliphatic imine (C=N–C) groups is 1. The summed E-state index contributed by atoms with van der Waals surface area (Å²) in [5, 5.41) is 9.86. The van der Waals surface area contributed by atoms with Gasteiger partial charge in [0, 0.05) is 37.8 Å². The maximum atomic E-state index is 12.3. The first kappa shape index (κ1) is 24.5. The Hall–Kier alpha value is -1.57. The number of ketones is 1. The maximum absolute atomic E-state index is 12.3. The molecule has 1 aliphatic rings. The molecule has 7 heteroatoms. The van der Waals surface area contributed by atoms with Gasteiger partial charge < -0.3 is 19.3 Å². The van der Waals surface area contributed by atoms with Crippen LogP contribution in [0.5, 0.6) is 0 Å². The predicted octanol–water partition coefficient (Wildman–Crippen LogP) is 2.85. The molecule has 7 nitrogen and oxygen atoms in total. The molecule has 0 bridgehead atoms. The predicted molar refractivity (Wildman–Crippen MR) is 107 cm³/mol. The number of nitrogens with zero attached hydrogens (tertiary/aromatic N) is 1. The number of esters is 1. The van der Waals surface area contributed by atoms with E-state index in [0.717, 1.165) is 19.4 Å². The van der Waals surface area contributed by atoms with Gasteiger partial charge in [-0.3, -0.25) is 14.6 Å². The van der Waals surface area contributed by atoms with Crippen LogP contribution < -0.4 is 0 Å². The third-order valence-corrected chi connectivity index (χ3v) is 4.38. The first-order valence-electron chi connectivity index (χ1n) is 10.0. The highest BCUT2D eigenvalue weighted by Gasteiger charge is 2.28. The van der Waals surface area contributed by atoms with Crippen LogP contribution in [0.3, 0.4) is 0 Å². The molecule has 0 aromatic heterocycles. The van der Waals surface area contributed by atoms with Gasteiger partial charge >= 0.3 is 5.97 Å². The zero-order valence-electron chi connectivity index (χ0n) is 17.6. The van der Waals surface area contributed by atoms with Crippen molar-refractivity contribution < 1.29 is 28.9 Å². The molecule has 0 aromatic rings. The Labute approximate surface area is 168 Å². The van der Waals surface area contributed by atoms with Gasteiger partial charge in [0.05, 0.1) is 19.6 Å². The van der Waals surface area contributed by atoms with Gasteiger partial charge in [-0.15, -0.1) is 0 Å². The standard InChI is InChI=1S/C21H35NO6/c1-16(2)10-14-28-21(3,4)18(23)8-9-19(24)26-12-6-13-27-20(25)17-7-5-11-22-15-17/h7,15-16,20,25H,5-6,8-14H2,1-4H3. The molecule has 28 heavy (non-hydrogen) atoms. The Kier molecular flexibility index (Phi) is 11.2. The molecule has 0 spiro atoms. The third-order valence-electron chi connectivity index (χ3n) is 4.38. The number of aliphatic hydroxyl groups is 1. The van der Waals surface area contributed by atoms with Crippen LogP contribution in [0.1, 0.15) is 59.8 Å². The fraction of sp³-hybridized carbons (Fsp3) is 0.762. The summed E-state index contributed by atoms with van der Waals surface area (Å²) in [7, 11) is 0. The summed E-state index contributed by atoms with van der Waals surface area (Å²) in [6, 6.07) is 0. The fourth-order valence-electron chi connectivity index (χ4n) is 2.45. The molecule has 0 aromatic carbocycles. The number of Topliss-reactive ketones (excluding diaryl/α,β-unsaturated/α-hetero) is 1. The molecule has 1 unspecified atom stereocenters. The molecule has 0 saturated heterocycles. The largest absolute Gasteiger partial charge is 0.466 e. The molecule has 1 rings (SSSR count). The molecule has 160 valence electrons. The van der Waals surface area contributed by atoms with Gasteiger partial charge in [0.25, 0.3) is 0 Å². The van der Waals surface area contributed by atoms with Gasteiger partial charge in [-0.1, -0.05) is 19.9 Å². The molecule has 0 radical (unpaired) electrons. The second-order valence-electron chi connectivity index (χ2n) is 7.79. The summed E-state index contributed by atoms with van der Waals surface area (Å²) in [6.07, 6.45) is 4.77. The highest BCUT2D eigenvalue weighted by molar-refractivity contribution is 5.89. The normalized spacial score (nSPS) is 15.4. The minimum Gasteiger partial charge on any atom is -0.466 e. The summed E-state index contributed by atoms with van der Waals surface area (Å²) >= 11 is 0. The van der Waals surface area contributed by atoms with Crippen LogP contribution in [0, 0.1) is 5.92 Å². The van der Waals surface area contributed by atoms with Crippen molar-refractivity contribution in [3.63, 3.8) is 0 Å². The average molecular weight is 398 g/mol. The minimum absolute atomic E-state index is 0.0304. The van der Waals surface area contributed by atoms with E-state index in [2.05, 4.69) is 18.8 Å². The zero-order valence-corrected chi connectivity index (χ0v) is 17.6. The van der Waals surface area contributed by atoms with Crippen molar-refractivity contribution >= 4 is 18.0 Å². The second kappa shape index (κ2) is 12.8. The maximum Gasteiger partial charge on any atom is 0.306 e. The van der Waals surface area contributed by atoms with E-state index in [-0.39, 0.29) is 31.8 Å². The Bertz CT molecular complexity index is 553. The van der Waals surface area contributed by atoms with Crippen molar-refractivity contribution in [1.82, 2.24) is 0 Å². The van der Waals surface area contributed by atoms with Crippen LogP contribution in [0.2, 0.25) is 0 Å². The zero-order chi connectivity index (χ0) is 21.0. The van der Waals surface area contributed by atoms with E-state index in [4.69, 9.17) is 14.2 Å². The number of ether oxygens (including phenoxy) is 3. The molecule has 0 fully saturated rings. The van der Waals surface area contributed by atoms with Crippen LogP contribution in [0.25, 0.3) is 0 Å². The Morgan fingerprint density at radius 2 is 1.96 bits per heavy atom. The van der Waals surface area contributed by atoms with Gasteiger partial charge in [-0.25, -0.2) is 0 Å². The molecule has 1 atom stereocenters. The molecule has 1 N–H and O–H groups in total. The molecule has 1 aliphatic heterocycles. The lowest BCUT2D eigenvalue weighted by molar-refractivity contribution is -0.149. The third kappa shape index (κ3) is 10.1.